The molecule has 134 valence electrons. The van der Waals surface area contributed by atoms with Crippen molar-refractivity contribution in [1.29, 1.82) is 0 Å². The van der Waals surface area contributed by atoms with Crippen molar-refractivity contribution in [3.8, 4) is 17.2 Å². The second-order valence-electron chi connectivity index (χ2n) is 5.72. The molecule has 2 atom stereocenters. The summed E-state index contributed by atoms with van der Waals surface area (Å²) in [7, 11) is 3.11. The number of ether oxygens (including phenoxy) is 4. The fourth-order valence-electron chi connectivity index (χ4n) is 2.83. The van der Waals surface area contributed by atoms with E-state index in [4.69, 9.17) is 18.9 Å². The molecular formula is C19H22FNO4. The van der Waals surface area contributed by atoms with Gasteiger partial charge in [0, 0.05) is 19.2 Å². The molecule has 2 aromatic rings. The van der Waals surface area contributed by atoms with E-state index < -0.39 is 0 Å². The molecule has 1 saturated heterocycles. The van der Waals surface area contributed by atoms with Crippen LogP contribution in [0.5, 0.6) is 17.2 Å². The van der Waals surface area contributed by atoms with Crippen LogP contribution in [-0.4, -0.2) is 40.0 Å². The lowest BCUT2D eigenvalue weighted by Gasteiger charge is -2.32. The van der Waals surface area contributed by atoms with Crippen molar-refractivity contribution >= 4 is 0 Å². The molecule has 2 aromatic carbocycles. The number of benzene rings is 2. The quantitative estimate of drug-likeness (QED) is 0.871. The first kappa shape index (κ1) is 17.5. The number of nitrogens with one attached hydrogen (secondary N) is 1. The zero-order valence-corrected chi connectivity index (χ0v) is 14.3. The number of hydrogen-bond donors (Lipinski definition) is 1. The first-order valence-electron chi connectivity index (χ1n) is 8.17. The average molecular weight is 347 g/mol. The molecular weight excluding hydrogens is 325 g/mol. The molecule has 1 heterocycles. The average Bonchev–Trinajstić information content (AvgIpc) is 2.67. The van der Waals surface area contributed by atoms with Crippen LogP contribution in [0.3, 0.4) is 0 Å². The van der Waals surface area contributed by atoms with Gasteiger partial charge >= 0.3 is 0 Å². The summed E-state index contributed by atoms with van der Waals surface area (Å²) >= 11 is 0. The summed E-state index contributed by atoms with van der Waals surface area (Å²) in [4.78, 5) is 0. The maximum Gasteiger partial charge on any atom is 0.163 e. The van der Waals surface area contributed by atoms with Crippen LogP contribution in [0, 0.1) is 5.82 Å². The second kappa shape index (κ2) is 8.18. The molecule has 0 radical (unpaired) electrons. The van der Waals surface area contributed by atoms with E-state index in [2.05, 4.69) is 5.32 Å². The van der Waals surface area contributed by atoms with Gasteiger partial charge in [0.2, 0.25) is 0 Å². The minimum Gasteiger partial charge on any atom is -0.497 e. The minimum atomic E-state index is -0.387. The van der Waals surface area contributed by atoms with E-state index in [-0.39, 0.29) is 18.0 Å². The third-order valence-electron chi connectivity index (χ3n) is 4.10. The maximum atomic E-state index is 13.5. The SMILES string of the molecule is COc1cccc(C(Oc2ccc(F)cc2OC)[C@@H]2CNCCO2)c1. The molecule has 5 nitrogen and oxygen atoms in total. The van der Waals surface area contributed by atoms with Crippen molar-refractivity contribution in [2.75, 3.05) is 33.9 Å². The largest absolute Gasteiger partial charge is 0.497 e. The highest BCUT2D eigenvalue weighted by Gasteiger charge is 2.29. The molecule has 1 fully saturated rings. The Morgan fingerprint density at radius 3 is 2.72 bits per heavy atom. The molecule has 0 aliphatic carbocycles. The monoisotopic (exact) mass is 347 g/mol. The van der Waals surface area contributed by atoms with Crippen LogP contribution in [0.1, 0.15) is 11.7 Å². The van der Waals surface area contributed by atoms with Crippen molar-refractivity contribution in [3.63, 3.8) is 0 Å². The molecule has 25 heavy (non-hydrogen) atoms. The zero-order valence-electron chi connectivity index (χ0n) is 14.3. The molecule has 0 saturated carbocycles. The van der Waals surface area contributed by atoms with E-state index in [9.17, 15) is 4.39 Å². The summed E-state index contributed by atoms with van der Waals surface area (Å²) in [6.07, 6.45) is -0.571. The molecule has 6 heteroatoms. The Morgan fingerprint density at radius 1 is 1.12 bits per heavy atom. The predicted molar refractivity (Wildman–Crippen MR) is 91.9 cm³/mol. The summed E-state index contributed by atoms with van der Waals surface area (Å²) in [5.41, 5.74) is 0.916. The standard InChI is InChI=1S/C19H22FNO4/c1-22-15-5-3-4-13(10-15)19(18-12-21-8-9-24-18)25-16-7-6-14(20)11-17(16)23-2/h3-7,10-11,18-19,21H,8-9,12H2,1-2H3/t18-,19?/m0/s1. The Kier molecular flexibility index (Phi) is 5.73. The smallest absolute Gasteiger partial charge is 0.163 e. The van der Waals surface area contributed by atoms with Gasteiger partial charge in [0.05, 0.1) is 20.8 Å². The van der Waals surface area contributed by atoms with Gasteiger partial charge in [-0.2, -0.15) is 0 Å². The van der Waals surface area contributed by atoms with Crippen molar-refractivity contribution in [2.45, 2.75) is 12.2 Å². The van der Waals surface area contributed by atoms with Gasteiger partial charge in [0.25, 0.3) is 0 Å². The lowest BCUT2D eigenvalue weighted by molar-refractivity contribution is -0.0439. The van der Waals surface area contributed by atoms with Gasteiger partial charge in [-0.15, -0.1) is 0 Å². The number of halogens is 1. The van der Waals surface area contributed by atoms with E-state index in [1.165, 1.54) is 19.2 Å². The van der Waals surface area contributed by atoms with Gasteiger partial charge in [-0.05, 0) is 29.8 Å². The van der Waals surface area contributed by atoms with E-state index in [1.807, 2.05) is 24.3 Å². The highest BCUT2D eigenvalue weighted by atomic mass is 19.1. The molecule has 0 spiro atoms. The van der Waals surface area contributed by atoms with E-state index in [1.54, 1.807) is 13.2 Å². The zero-order chi connectivity index (χ0) is 17.6. The van der Waals surface area contributed by atoms with Gasteiger partial charge in [-0.3, -0.25) is 0 Å². The van der Waals surface area contributed by atoms with Crippen LogP contribution in [0.25, 0.3) is 0 Å². The second-order valence-corrected chi connectivity index (χ2v) is 5.72. The maximum absolute atomic E-state index is 13.5. The van der Waals surface area contributed by atoms with Crippen LogP contribution < -0.4 is 19.5 Å². The van der Waals surface area contributed by atoms with Gasteiger partial charge in [0.15, 0.2) is 17.6 Å². The van der Waals surface area contributed by atoms with Crippen LogP contribution in [-0.2, 0) is 4.74 Å². The van der Waals surface area contributed by atoms with E-state index in [0.717, 1.165) is 17.9 Å². The minimum absolute atomic E-state index is 0.185. The highest BCUT2D eigenvalue weighted by molar-refractivity contribution is 5.41. The Morgan fingerprint density at radius 2 is 2.00 bits per heavy atom. The Bertz CT molecular complexity index is 704. The normalized spacial score (nSPS) is 18.4. The first-order valence-corrected chi connectivity index (χ1v) is 8.17. The van der Waals surface area contributed by atoms with Crippen LogP contribution in [0.15, 0.2) is 42.5 Å². The van der Waals surface area contributed by atoms with Crippen LogP contribution in [0.4, 0.5) is 4.39 Å². The molecule has 1 aliphatic heterocycles. The third kappa shape index (κ3) is 4.21. The molecule has 1 N–H and O–H groups in total. The molecule has 3 rings (SSSR count). The summed E-state index contributed by atoms with van der Waals surface area (Å²) in [6.45, 7) is 2.07. The van der Waals surface area contributed by atoms with Crippen molar-refractivity contribution in [2.24, 2.45) is 0 Å². The van der Waals surface area contributed by atoms with Crippen molar-refractivity contribution in [3.05, 3.63) is 53.8 Å². The summed E-state index contributed by atoms with van der Waals surface area (Å²) in [5, 5.41) is 3.31. The fraction of sp³-hybridized carbons (Fsp3) is 0.368. The Hall–Kier alpha value is -2.31. The van der Waals surface area contributed by atoms with Gasteiger partial charge in [-0.25, -0.2) is 4.39 Å². The van der Waals surface area contributed by atoms with Crippen LogP contribution in [0.2, 0.25) is 0 Å². The van der Waals surface area contributed by atoms with Gasteiger partial charge in [-0.1, -0.05) is 12.1 Å². The number of morpholine rings is 1. The Balaban J connectivity index is 1.93. The lowest BCUT2D eigenvalue weighted by Crippen LogP contribution is -2.43. The summed E-state index contributed by atoms with van der Waals surface area (Å²) in [6, 6.07) is 11.9. The molecule has 0 bridgehead atoms. The third-order valence-corrected chi connectivity index (χ3v) is 4.10. The highest BCUT2D eigenvalue weighted by Crippen LogP contribution is 2.35. The topological polar surface area (TPSA) is 49.0 Å². The van der Waals surface area contributed by atoms with Crippen molar-refractivity contribution < 1.29 is 23.3 Å². The first-order chi connectivity index (χ1) is 12.2. The predicted octanol–water partition coefficient (Wildman–Crippen LogP) is 2.95. The number of methoxy groups -OCH3 is 2. The van der Waals surface area contributed by atoms with E-state index >= 15 is 0 Å². The molecule has 1 aliphatic rings. The van der Waals surface area contributed by atoms with Crippen molar-refractivity contribution in [1.82, 2.24) is 5.32 Å². The van der Waals surface area contributed by atoms with Gasteiger partial charge < -0.3 is 24.3 Å². The fourth-order valence-corrected chi connectivity index (χ4v) is 2.83. The number of rotatable bonds is 6. The number of hydrogen-bond acceptors (Lipinski definition) is 5. The van der Waals surface area contributed by atoms with Crippen LogP contribution >= 0.6 is 0 Å². The molecule has 0 aromatic heterocycles. The lowest BCUT2D eigenvalue weighted by atomic mass is 10.0. The summed E-state index contributed by atoms with van der Waals surface area (Å²) < 4.78 is 36.1. The van der Waals surface area contributed by atoms with E-state index in [0.29, 0.717) is 24.7 Å². The van der Waals surface area contributed by atoms with Gasteiger partial charge in [0.1, 0.15) is 17.7 Å². The molecule has 0 amide bonds. The summed E-state index contributed by atoms with van der Waals surface area (Å²) in [5.74, 6) is 1.17. The Labute approximate surface area is 146 Å². The molecule has 1 unspecified atom stereocenters.